The van der Waals surface area contributed by atoms with Crippen molar-refractivity contribution in [1.29, 1.82) is 0 Å². The van der Waals surface area contributed by atoms with Gasteiger partial charge < -0.3 is 20.1 Å². The third kappa shape index (κ3) is 8.14. The van der Waals surface area contributed by atoms with E-state index in [1.54, 1.807) is 6.92 Å². The maximum atomic E-state index is 12.3. The third-order valence-electron chi connectivity index (χ3n) is 2.78. The van der Waals surface area contributed by atoms with E-state index < -0.39 is 12.5 Å². The van der Waals surface area contributed by atoms with Crippen LogP contribution in [-0.4, -0.2) is 37.6 Å². The number of hydrogen-bond acceptors (Lipinski definition) is 4. The summed E-state index contributed by atoms with van der Waals surface area (Å²) >= 11 is 0. The SMILES string of the molecule is CCOc1cc(/C=C/C(=O)NCC(=O)NC(C)C)ccc1OC(F)F. The summed E-state index contributed by atoms with van der Waals surface area (Å²) in [6.07, 6.45) is 2.71. The van der Waals surface area contributed by atoms with Crippen LogP contribution < -0.4 is 20.1 Å². The highest BCUT2D eigenvalue weighted by atomic mass is 19.3. The van der Waals surface area contributed by atoms with Gasteiger partial charge in [0.15, 0.2) is 11.5 Å². The second kappa shape index (κ2) is 10.3. The second-order valence-electron chi connectivity index (χ2n) is 5.29. The molecule has 25 heavy (non-hydrogen) atoms. The number of hydrogen-bond donors (Lipinski definition) is 2. The quantitative estimate of drug-likeness (QED) is 0.666. The average Bonchev–Trinajstić information content (AvgIpc) is 2.52. The van der Waals surface area contributed by atoms with Gasteiger partial charge in [0, 0.05) is 12.1 Å². The maximum Gasteiger partial charge on any atom is 0.387 e. The molecule has 0 aliphatic heterocycles. The smallest absolute Gasteiger partial charge is 0.387 e. The van der Waals surface area contributed by atoms with Crippen molar-refractivity contribution in [3.63, 3.8) is 0 Å². The Kier molecular flexibility index (Phi) is 8.38. The minimum absolute atomic E-state index is 0.00842. The van der Waals surface area contributed by atoms with Crippen molar-refractivity contribution in [2.45, 2.75) is 33.4 Å². The summed E-state index contributed by atoms with van der Waals surface area (Å²) in [6.45, 7) is 2.53. The van der Waals surface area contributed by atoms with Gasteiger partial charge in [0.2, 0.25) is 11.8 Å². The summed E-state index contributed by atoms with van der Waals surface area (Å²) in [5, 5.41) is 5.09. The van der Waals surface area contributed by atoms with Crippen LogP contribution in [0, 0.1) is 0 Å². The molecule has 0 saturated carbocycles. The van der Waals surface area contributed by atoms with Gasteiger partial charge in [-0.3, -0.25) is 9.59 Å². The number of rotatable bonds is 9. The van der Waals surface area contributed by atoms with Gasteiger partial charge in [-0.2, -0.15) is 8.78 Å². The lowest BCUT2D eigenvalue weighted by molar-refractivity contribution is -0.124. The van der Waals surface area contributed by atoms with Crippen LogP contribution in [0.25, 0.3) is 6.08 Å². The molecule has 1 aromatic rings. The highest BCUT2D eigenvalue weighted by Crippen LogP contribution is 2.30. The molecule has 0 aromatic heterocycles. The highest BCUT2D eigenvalue weighted by molar-refractivity contribution is 5.94. The van der Waals surface area contributed by atoms with Gasteiger partial charge in [-0.05, 0) is 44.5 Å². The molecule has 0 spiro atoms. The molecule has 0 saturated heterocycles. The lowest BCUT2D eigenvalue weighted by Crippen LogP contribution is -2.39. The number of carbonyl (C=O) groups is 2. The van der Waals surface area contributed by atoms with E-state index in [1.165, 1.54) is 30.4 Å². The van der Waals surface area contributed by atoms with Crippen molar-refractivity contribution in [3.8, 4) is 11.5 Å². The van der Waals surface area contributed by atoms with Crippen molar-refractivity contribution in [3.05, 3.63) is 29.8 Å². The molecule has 1 aromatic carbocycles. The number of ether oxygens (including phenoxy) is 2. The maximum absolute atomic E-state index is 12.3. The molecule has 0 heterocycles. The first-order valence-electron chi connectivity index (χ1n) is 7.78. The zero-order chi connectivity index (χ0) is 18.8. The first kappa shape index (κ1) is 20.4. The van der Waals surface area contributed by atoms with Gasteiger partial charge in [-0.15, -0.1) is 0 Å². The van der Waals surface area contributed by atoms with Crippen molar-refractivity contribution in [2.75, 3.05) is 13.2 Å². The number of benzene rings is 1. The molecule has 2 N–H and O–H groups in total. The Morgan fingerprint density at radius 1 is 1.24 bits per heavy atom. The van der Waals surface area contributed by atoms with Crippen molar-refractivity contribution in [1.82, 2.24) is 10.6 Å². The second-order valence-corrected chi connectivity index (χ2v) is 5.29. The lowest BCUT2D eigenvalue weighted by Gasteiger charge is -2.11. The molecule has 0 unspecified atom stereocenters. The molecule has 0 radical (unpaired) electrons. The molecule has 6 nitrogen and oxygen atoms in total. The first-order chi connectivity index (χ1) is 11.8. The Morgan fingerprint density at radius 3 is 2.56 bits per heavy atom. The van der Waals surface area contributed by atoms with Crippen LogP contribution in [0.1, 0.15) is 26.3 Å². The van der Waals surface area contributed by atoms with Crippen molar-refractivity contribution < 1.29 is 27.8 Å². The van der Waals surface area contributed by atoms with Crippen LogP contribution in [-0.2, 0) is 9.59 Å². The molecule has 0 atom stereocenters. The molecule has 8 heteroatoms. The number of halogens is 2. The predicted molar refractivity (Wildman–Crippen MR) is 89.6 cm³/mol. The summed E-state index contributed by atoms with van der Waals surface area (Å²) in [5.74, 6) is -0.667. The summed E-state index contributed by atoms with van der Waals surface area (Å²) in [7, 11) is 0. The molecular formula is C17H22F2N2O4. The molecule has 0 bridgehead atoms. The van der Waals surface area contributed by atoms with Gasteiger partial charge in [0.25, 0.3) is 0 Å². The molecule has 0 aliphatic carbocycles. The van der Waals surface area contributed by atoms with Crippen LogP contribution >= 0.6 is 0 Å². The van der Waals surface area contributed by atoms with E-state index in [9.17, 15) is 18.4 Å². The normalized spacial score (nSPS) is 11.0. The van der Waals surface area contributed by atoms with Crippen molar-refractivity contribution in [2.24, 2.45) is 0 Å². The fourth-order valence-electron chi connectivity index (χ4n) is 1.86. The summed E-state index contributed by atoms with van der Waals surface area (Å²) < 4.78 is 34.3. The zero-order valence-electron chi connectivity index (χ0n) is 14.3. The Bertz CT molecular complexity index is 619. The van der Waals surface area contributed by atoms with E-state index in [0.717, 1.165) is 0 Å². The average molecular weight is 356 g/mol. The van der Waals surface area contributed by atoms with E-state index in [1.807, 2.05) is 13.8 Å². The monoisotopic (exact) mass is 356 g/mol. The van der Waals surface area contributed by atoms with E-state index in [-0.39, 0.29) is 36.6 Å². The molecule has 2 amide bonds. The molecule has 0 fully saturated rings. The zero-order valence-corrected chi connectivity index (χ0v) is 14.3. The van der Waals surface area contributed by atoms with E-state index in [4.69, 9.17) is 4.74 Å². The molecule has 0 aliphatic rings. The third-order valence-corrected chi connectivity index (χ3v) is 2.78. The predicted octanol–water partition coefficient (Wildman–Crippen LogP) is 2.34. The van der Waals surface area contributed by atoms with Crippen LogP contribution in [0.5, 0.6) is 11.5 Å². The molecule has 138 valence electrons. The number of carbonyl (C=O) groups excluding carboxylic acids is 2. The summed E-state index contributed by atoms with van der Waals surface area (Å²) in [4.78, 5) is 23.1. The molecular weight excluding hydrogens is 334 g/mol. The highest BCUT2D eigenvalue weighted by Gasteiger charge is 2.11. The topological polar surface area (TPSA) is 76.7 Å². The van der Waals surface area contributed by atoms with E-state index in [2.05, 4.69) is 15.4 Å². The summed E-state index contributed by atoms with van der Waals surface area (Å²) in [5.41, 5.74) is 0.562. The van der Waals surface area contributed by atoms with Crippen molar-refractivity contribution >= 4 is 17.9 Å². The fraction of sp³-hybridized carbons (Fsp3) is 0.412. The minimum Gasteiger partial charge on any atom is -0.490 e. The van der Waals surface area contributed by atoms with Gasteiger partial charge in [0.1, 0.15) is 0 Å². The Hall–Kier alpha value is -2.64. The van der Waals surface area contributed by atoms with Gasteiger partial charge in [-0.25, -0.2) is 0 Å². The minimum atomic E-state index is -2.96. The number of amides is 2. The van der Waals surface area contributed by atoms with Gasteiger partial charge in [0.05, 0.1) is 13.2 Å². The largest absolute Gasteiger partial charge is 0.490 e. The number of alkyl halides is 2. The summed E-state index contributed by atoms with van der Waals surface area (Å²) in [6, 6.07) is 4.32. The Labute approximate surface area is 145 Å². The number of nitrogens with one attached hydrogen (secondary N) is 2. The fourth-order valence-corrected chi connectivity index (χ4v) is 1.86. The van der Waals surface area contributed by atoms with Crippen LogP contribution in [0.15, 0.2) is 24.3 Å². The Balaban J connectivity index is 2.68. The first-order valence-corrected chi connectivity index (χ1v) is 7.78. The van der Waals surface area contributed by atoms with Crippen LogP contribution in [0.2, 0.25) is 0 Å². The Morgan fingerprint density at radius 2 is 1.96 bits per heavy atom. The van der Waals surface area contributed by atoms with E-state index >= 15 is 0 Å². The lowest BCUT2D eigenvalue weighted by atomic mass is 10.2. The van der Waals surface area contributed by atoms with Crippen LogP contribution in [0.3, 0.4) is 0 Å². The van der Waals surface area contributed by atoms with Gasteiger partial charge in [-0.1, -0.05) is 6.07 Å². The van der Waals surface area contributed by atoms with Crippen LogP contribution in [0.4, 0.5) is 8.78 Å². The van der Waals surface area contributed by atoms with Gasteiger partial charge >= 0.3 is 6.61 Å². The molecule has 1 rings (SSSR count). The van der Waals surface area contributed by atoms with E-state index in [0.29, 0.717) is 5.56 Å². The standard InChI is InChI=1S/C17H22F2N2O4/c1-4-24-14-9-12(5-7-13(14)25-17(18)19)6-8-15(22)20-10-16(23)21-11(2)3/h5-9,11,17H,4,10H2,1-3H3,(H,20,22)(H,21,23)/b8-6+.